The quantitative estimate of drug-likeness (QED) is 0.783. The van der Waals surface area contributed by atoms with Gasteiger partial charge in [0.1, 0.15) is 5.92 Å². The van der Waals surface area contributed by atoms with Crippen LogP contribution in [-0.2, 0) is 20.7 Å². The fourth-order valence-corrected chi connectivity index (χ4v) is 3.38. The van der Waals surface area contributed by atoms with E-state index in [9.17, 15) is 9.59 Å². The molecule has 0 saturated carbocycles. The van der Waals surface area contributed by atoms with Gasteiger partial charge in [-0.2, -0.15) is 0 Å². The summed E-state index contributed by atoms with van der Waals surface area (Å²) in [5.41, 5.74) is 2.12. The fourth-order valence-electron chi connectivity index (χ4n) is 3.38. The van der Waals surface area contributed by atoms with Gasteiger partial charge in [0, 0.05) is 38.4 Å². The van der Waals surface area contributed by atoms with Gasteiger partial charge in [0.2, 0.25) is 11.8 Å². The van der Waals surface area contributed by atoms with E-state index in [-0.39, 0.29) is 11.8 Å². The van der Waals surface area contributed by atoms with E-state index in [1.54, 1.807) is 4.90 Å². The molecule has 1 aromatic carbocycles. The van der Waals surface area contributed by atoms with E-state index < -0.39 is 5.92 Å². The fraction of sp³-hybridized carbons (Fsp3) is 0.579. The van der Waals surface area contributed by atoms with Crippen molar-refractivity contribution in [1.29, 1.82) is 0 Å². The molecule has 2 amide bonds. The lowest BCUT2D eigenvalue weighted by Crippen LogP contribution is -2.43. The van der Waals surface area contributed by atoms with Crippen molar-refractivity contribution in [3.05, 3.63) is 29.8 Å². The van der Waals surface area contributed by atoms with Crippen molar-refractivity contribution in [2.24, 2.45) is 5.92 Å². The molecule has 2 heterocycles. The number of hydrogen-bond donors (Lipinski definition) is 1. The first-order valence-corrected chi connectivity index (χ1v) is 9.17. The lowest BCUT2D eigenvalue weighted by atomic mass is 10.1. The van der Waals surface area contributed by atoms with Gasteiger partial charge < -0.3 is 15.0 Å². The van der Waals surface area contributed by atoms with Gasteiger partial charge in [-0.25, -0.2) is 0 Å². The summed E-state index contributed by atoms with van der Waals surface area (Å²) in [6.45, 7) is 7.40. The van der Waals surface area contributed by atoms with Crippen LogP contribution in [0.3, 0.4) is 0 Å². The molecule has 1 aromatic rings. The van der Waals surface area contributed by atoms with Crippen LogP contribution < -0.4 is 10.2 Å². The van der Waals surface area contributed by atoms with E-state index in [0.29, 0.717) is 19.5 Å². The van der Waals surface area contributed by atoms with Crippen LogP contribution in [0, 0.1) is 5.92 Å². The Morgan fingerprint density at radius 2 is 1.92 bits per heavy atom. The van der Waals surface area contributed by atoms with E-state index in [1.807, 2.05) is 24.3 Å². The lowest BCUT2D eigenvalue weighted by molar-refractivity contribution is -0.132. The molecule has 0 bridgehead atoms. The average Bonchev–Trinajstić information content (AvgIpc) is 3.04. The number of carbonyl (C=O) groups excluding carboxylic acids is 2. The predicted molar refractivity (Wildman–Crippen MR) is 96.5 cm³/mol. The van der Waals surface area contributed by atoms with Gasteiger partial charge in [0.15, 0.2) is 0 Å². The van der Waals surface area contributed by atoms with Crippen molar-refractivity contribution in [3.63, 3.8) is 0 Å². The number of nitrogens with one attached hydrogen (secondary N) is 1. The highest BCUT2D eigenvalue weighted by molar-refractivity contribution is 6.09. The molecule has 0 spiro atoms. The summed E-state index contributed by atoms with van der Waals surface area (Å²) in [5.74, 6) is -0.797. The largest absolute Gasteiger partial charge is 0.379 e. The van der Waals surface area contributed by atoms with Crippen LogP contribution in [0.25, 0.3) is 0 Å². The summed E-state index contributed by atoms with van der Waals surface area (Å²) < 4.78 is 5.31. The molecule has 0 aliphatic carbocycles. The van der Waals surface area contributed by atoms with Gasteiger partial charge >= 0.3 is 0 Å². The van der Waals surface area contributed by atoms with Crippen LogP contribution >= 0.6 is 0 Å². The molecule has 2 fully saturated rings. The first kappa shape index (κ1) is 17.9. The van der Waals surface area contributed by atoms with Crippen LogP contribution in [0.4, 0.5) is 5.69 Å². The van der Waals surface area contributed by atoms with E-state index >= 15 is 0 Å². The van der Waals surface area contributed by atoms with E-state index in [4.69, 9.17) is 4.74 Å². The zero-order valence-electron chi connectivity index (χ0n) is 14.9. The Bertz CT molecular complexity index is 596. The normalized spacial score (nSPS) is 21.6. The van der Waals surface area contributed by atoms with Gasteiger partial charge in [0.25, 0.3) is 0 Å². The number of morpholine rings is 1. The first-order valence-electron chi connectivity index (χ1n) is 9.17. The number of amides is 2. The molecule has 0 aromatic heterocycles. The second-order valence-corrected chi connectivity index (χ2v) is 6.60. The molecule has 2 aliphatic rings. The predicted octanol–water partition coefficient (Wildman–Crippen LogP) is 1.05. The maximum Gasteiger partial charge on any atom is 0.239 e. The van der Waals surface area contributed by atoms with Crippen LogP contribution in [0.1, 0.15) is 18.9 Å². The molecule has 3 rings (SSSR count). The molecular formula is C19H27N3O3. The minimum absolute atomic E-state index is 0.0897. The zero-order chi connectivity index (χ0) is 17.6. The summed E-state index contributed by atoms with van der Waals surface area (Å²) in [6.07, 6.45) is 1.56. The summed E-state index contributed by atoms with van der Waals surface area (Å²) in [4.78, 5) is 29.0. The Balaban J connectivity index is 1.49. The molecule has 0 radical (unpaired) electrons. The molecular weight excluding hydrogens is 318 g/mol. The third kappa shape index (κ3) is 4.38. The maximum atomic E-state index is 12.6. The summed E-state index contributed by atoms with van der Waals surface area (Å²) in [6, 6.07) is 8.02. The van der Waals surface area contributed by atoms with Gasteiger partial charge in [-0.15, -0.1) is 0 Å². The van der Waals surface area contributed by atoms with Crippen molar-refractivity contribution < 1.29 is 14.3 Å². The van der Waals surface area contributed by atoms with Gasteiger partial charge in [-0.1, -0.05) is 19.1 Å². The minimum atomic E-state index is -0.560. The molecule has 1 N–H and O–H groups in total. The van der Waals surface area contributed by atoms with Crippen LogP contribution in [0.15, 0.2) is 24.3 Å². The SMILES string of the molecule is CCc1ccc(N2CC[C@H](C(=O)NCCN3CCOCC3)C2=O)cc1. The molecule has 2 aliphatic heterocycles. The zero-order valence-corrected chi connectivity index (χ0v) is 14.9. The van der Waals surface area contributed by atoms with E-state index in [0.717, 1.165) is 45.0 Å². The Morgan fingerprint density at radius 1 is 1.20 bits per heavy atom. The second kappa shape index (κ2) is 8.45. The van der Waals surface area contributed by atoms with Crippen molar-refractivity contribution in [2.45, 2.75) is 19.8 Å². The second-order valence-electron chi connectivity index (χ2n) is 6.60. The first-order chi connectivity index (χ1) is 12.2. The summed E-state index contributed by atoms with van der Waals surface area (Å²) in [5, 5.41) is 2.92. The number of nitrogens with zero attached hydrogens (tertiary/aromatic N) is 2. The summed E-state index contributed by atoms with van der Waals surface area (Å²) in [7, 11) is 0. The van der Waals surface area contributed by atoms with Crippen molar-refractivity contribution in [3.8, 4) is 0 Å². The average molecular weight is 345 g/mol. The minimum Gasteiger partial charge on any atom is -0.379 e. The number of ether oxygens (including phenoxy) is 1. The van der Waals surface area contributed by atoms with E-state index in [1.165, 1.54) is 5.56 Å². The monoisotopic (exact) mass is 345 g/mol. The molecule has 6 nitrogen and oxygen atoms in total. The van der Waals surface area contributed by atoms with Crippen LogP contribution in [0.5, 0.6) is 0 Å². The molecule has 6 heteroatoms. The topological polar surface area (TPSA) is 61.9 Å². The number of carbonyl (C=O) groups is 2. The standard InChI is InChI=1S/C19H27N3O3/c1-2-15-3-5-16(6-4-15)22-9-7-17(19(22)24)18(23)20-8-10-21-11-13-25-14-12-21/h3-6,17H,2,7-14H2,1H3,(H,20,23)/t17-/m1/s1. The maximum absolute atomic E-state index is 12.6. The Kier molecular flexibility index (Phi) is 6.04. The van der Waals surface area contributed by atoms with E-state index in [2.05, 4.69) is 17.1 Å². The Hall–Kier alpha value is -1.92. The Labute approximate surface area is 149 Å². The highest BCUT2D eigenvalue weighted by atomic mass is 16.5. The van der Waals surface area contributed by atoms with Crippen molar-refractivity contribution in [1.82, 2.24) is 10.2 Å². The molecule has 0 unspecified atom stereocenters. The van der Waals surface area contributed by atoms with Gasteiger partial charge in [-0.05, 0) is 30.5 Å². The number of hydrogen-bond acceptors (Lipinski definition) is 4. The number of anilines is 1. The number of rotatable bonds is 6. The third-order valence-corrected chi connectivity index (χ3v) is 5.01. The smallest absolute Gasteiger partial charge is 0.239 e. The van der Waals surface area contributed by atoms with Gasteiger partial charge in [0.05, 0.1) is 13.2 Å². The molecule has 2 saturated heterocycles. The molecule has 136 valence electrons. The van der Waals surface area contributed by atoms with Crippen molar-refractivity contribution >= 4 is 17.5 Å². The molecule has 25 heavy (non-hydrogen) atoms. The molecule has 1 atom stereocenters. The van der Waals surface area contributed by atoms with Crippen molar-refractivity contribution in [2.75, 3.05) is 50.8 Å². The lowest BCUT2D eigenvalue weighted by Gasteiger charge is -2.26. The van der Waals surface area contributed by atoms with Gasteiger partial charge in [-0.3, -0.25) is 14.5 Å². The summed E-state index contributed by atoms with van der Waals surface area (Å²) >= 11 is 0. The highest BCUT2D eigenvalue weighted by Crippen LogP contribution is 2.25. The number of benzene rings is 1. The Morgan fingerprint density at radius 3 is 2.60 bits per heavy atom. The third-order valence-electron chi connectivity index (χ3n) is 5.01. The van der Waals surface area contributed by atoms with Crippen LogP contribution in [-0.4, -0.2) is 62.7 Å². The van der Waals surface area contributed by atoms with Crippen LogP contribution in [0.2, 0.25) is 0 Å². The number of aryl methyl sites for hydroxylation is 1. The highest BCUT2D eigenvalue weighted by Gasteiger charge is 2.37.